The molecule has 1 aromatic carbocycles. The Kier molecular flexibility index (Phi) is 4.33. The SMILES string of the molecule is COc1ccc(N)c(NC(=O)CNC(C)=O)c1. The average Bonchev–Trinajstić information content (AvgIpc) is 2.29. The van der Waals surface area contributed by atoms with Crippen molar-refractivity contribution in [2.75, 3.05) is 24.7 Å². The largest absolute Gasteiger partial charge is 0.497 e. The summed E-state index contributed by atoms with van der Waals surface area (Å²) < 4.78 is 5.01. The van der Waals surface area contributed by atoms with Gasteiger partial charge in [0.05, 0.1) is 25.0 Å². The zero-order valence-electron chi connectivity index (χ0n) is 9.74. The van der Waals surface area contributed by atoms with Crippen molar-refractivity contribution < 1.29 is 14.3 Å². The van der Waals surface area contributed by atoms with Gasteiger partial charge in [-0.1, -0.05) is 0 Å². The van der Waals surface area contributed by atoms with E-state index in [2.05, 4.69) is 10.6 Å². The first kappa shape index (κ1) is 12.8. The number of hydrogen-bond acceptors (Lipinski definition) is 4. The number of nitrogens with one attached hydrogen (secondary N) is 2. The number of ether oxygens (including phenoxy) is 1. The number of carbonyl (C=O) groups is 2. The van der Waals surface area contributed by atoms with E-state index in [0.717, 1.165) is 0 Å². The molecule has 0 aliphatic carbocycles. The van der Waals surface area contributed by atoms with Crippen LogP contribution in [0.5, 0.6) is 5.75 Å². The molecule has 0 fully saturated rings. The third kappa shape index (κ3) is 4.02. The monoisotopic (exact) mass is 237 g/mol. The van der Waals surface area contributed by atoms with Crippen molar-refractivity contribution in [2.45, 2.75) is 6.92 Å². The summed E-state index contributed by atoms with van der Waals surface area (Å²) in [7, 11) is 1.52. The average molecular weight is 237 g/mol. The van der Waals surface area contributed by atoms with E-state index in [4.69, 9.17) is 10.5 Å². The molecule has 0 saturated heterocycles. The minimum atomic E-state index is -0.347. The zero-order chi connectivity index (χ0) is 12.8. The molecular formula is C11H15N3O3. The van der Waals surface area contributed by atoms with Crippen molar-refractivity contribution >= 4 is 23.2 Å². The molecule has 4 N–H and O–H groups in total. The summed E-state index contributed by atoms with van der Waals surface area (Å²) in [6.45, 7) is 1.25. The molecule has 1 aromatic rings. The Morgan fingerprint density at radius 3 is 2.71 bits per heavy atom. The molecule has 0 spiro atoms. The Bertz CT molecular complexity index is 432. The molecular weight excluding hydrogens is 222 g/mol. The van der Waals surface area contributed by atoms with Crippen molar-refractivity contribution in [1.29, 1.82) is 0 Å². The van der Waals surface area contributed by atoms with Crippen LogP contribution in [0, 0.1) is 0 Å². The van der Waals surface area contributed by atoms with Gasteiger partial charge >= 0.3 is 0 Å². The fourth-order valence-electron chi connectivity index (χ4n) is 1.17. The van der Waals surface area contributed by atoms with Crippen molar-refractivity contribution in [3.8, 4) is 5.75 Å². The van der Waals surface area contributed by atoms with E-state index in [1.807, 2.05) is 0 Å². The predicted octanol–water partition coefficient (Wildman–Crippen LogP) is 0.352. The van der Waals surface area contributed by atoms with Gasteiger partial charge in [-0.2, -0.15) is 0 Å². The van der Waals surface area contributed by atoms with Crippen LogP contribution in [0.3, 0.4) is 0 Å². The summed E-state index contributed by atoms with van der Waals surface area (Å²) in [6.07, 6.45) is 0. The zero-order valence-corrected chi connectivity index (χ0v) is 9.74. The quantitative estimate of drug-likeness (QED) is 0.659. The summed E-state index contributed by atoms with van der Waals surface area (Å²) >= 11 is 0. The van der Waals surface area contributed by atoms with Crippen LogP contribution < -0.4 is 21.1 Å². The smallest absolute Gasteiger partial charge is 0.243 e. The first-order valence-electron chi connectivity index (χ1n) is 5.00. The highest BCUT2D eigenvalue weighted by Crippen LogP contribution is 2.24. The summed E-state index contributed by atoms with van der Waals surface area (Å²) in [5.41, 5.74) is 6.58. The number of hydrogen-bond donors (Lipinski definition) is 3. The topological polar surface area (TPSA) is 93.4 Å². The van der Waals surface area contributed by atoms with Crippen LogP contribution in [0.25, 0.3) is 0 Å². The molecule has 6 heteroatoms. The highest BCUT2D eigenvalue weighted by molar-refractivity contribution is 5.96. The maximum Gasteiger partial charge on any atom is 0.243 e. The summed E-state index contributed by atoms with van der Waals surface area (Å²) in [5.74, 6) is -0.0204. The lowest BCUT2D eigenvalue weighted by Crippen LogP contribution is -2.31. The van der Waals surface area contributed by atoms with Crippen molar-refractivity contribution in [3.05, 3.63) is 18.2 Å². The maximum atomic E-state index is 11.4. The first-order valence-corrected chi connectivity index (χ1v) is 5.00. The predicted molar refractivity (Wildman–Crippen MR) is 64.7 cm³/mol. The minimum absolute atomic E-state index is 0.0913. The summed E-state index contributed by atoms with van der Waals surface area (Å²) in [4.78, 5) is 22.1. The van der Waals surface area contributed by atoms with Gasteiger partial charge in [0.1, 0.15) is 5.75 Å². The van der Waals surface area contributed by atoms with Gasteiger partial charge in [-0.05, 0) is 12.1 Å². The van der Waals surface area contributed by atoms with E-state index >= 15 is 0 Å². The molecule has 0 unspecified atom stereocenters. The van der Waals surface area contributed by atoms with Gasteiger partial charge in [0.15, 0.2) is 0 Å². The van der Waals surface area contributed by atoms with E-state index in [9.17, 15) is 9.59 Å². The van der Waals surface area contributed by atoms with Crippen LogP contribution in [0.4, 0.5) is 11.4 Å². The highest BCUT2D eigenvalue weighted by Gasteiger charge is 2.06. The Balaban J connectivity index is 2.67. The van der Waals surface area contributed by atoms with Crippen molar-refractivity contribution in [3.63, 3.8) is 0 Å². The number of benzene rings is 1. The number of rotatable bonds is 4. The van der Waals surface area contributed by atoms with E-state index in [1.54, 1.807) is 18.2 Å². The second-order valence-electron chi connectivity index (χ2n) is 3.41. The third-order valence-corrected chi connectivity index (χ3v) is 2.03. The lowest BCUT2D eigenvalue weighted by molar-refractivity contribution is -0.122. The molecule has 2 amide bonds. The van der Waals surface area contributed by atoms with Crippen molar-refractivity contribution in [1.82, 2.24) is 5.32 Å². The number of nitrogen functional groups attached to an aromatic ring is 1. The standard InChI is InChI=1S/C11H15N3O3/c1-7(15)13-6-11(16)14-10-5-8(17-2)3-4-9(10)12/h3-5H,6,12H2,1-2H3,(H,13,15)(H,14,16). The van der Waals surface area contributed by atoms with Crippen LogP contribution in [0.2, 0.25) is 0 Å². The Morgan fingerprint density at radius 1 is 1.41 bits per heavy atom. The summed E-state index contributed by atoms with van der Waals surface area (Å²) in [5, 5.41) is 4.97. The van der Waals surface area contributed by atoms with Crippen molar-refractivity contribution in [2.24, 2.45) is 0 Å². The molecule has 0 aromatic heterocycles. The van der Waals surface area contributed by atoms with E-state index in [0.29, 0.717) is 17.1 Å². The lowest BCUT2D eigenvalue weighted by atomic mass is 10.2. The number of carbonyl (C=O) groups excluding carboxylic acids is 2. The normalized spacial score (nSPS) is 9.53. The van der Waals surface area contributed by atoms with Gasteiger partial charge < -0.3 is 21.1 Å². The molecule has 0 radical (unpaired) electrons. The second kappa shape index (κ2) is 5.74. The second-order valence-corrected chi connectivity index (χ2v) is 3.41. The third-order valence-electron chi connectivity index (χ3n) is 2.03. The molecule has 17 heavy (non-hydrogen) atoms. The maximum absolute atomic E-state index is 11.4. The molecule has 1 rings (SSSR count). The van der Waals surface area contributed by atoms with Crippen LogP contribution >= 0.6 is 0 Å². The Hall–Kier alpha value is -2.24. The fourth-order valence-corrected chi connectivity index (χ4v) is 1.17. The molecule has 0 atom stereocenters. The molecule has 0 heterocycles. The molecule has 0 aliphatic heterocycles. The van der Waals surface area contributed by atoms with Gasteiger partial charge in [0.2, 0.25) is 11.8 Å². The number of nitrogens with two attached hydrogens (primary N) is 1. The van der Waals surface area contributed by atoms with Crippen LogP contribution in [-0.2, 0) is 9.59 Å². The van der Waals surface area contributed by atoms with Gasteiger partial charge in [-0.25, -0.2) is 0 Å². The molecule has 6 nitrogen and oxygen atoms in total. The van der Waals surface area contributed by atoms with Gasteiger partial charge in [-0.15, -0.1) is 0 Å². The molecule has 0 aliphatic rings. The molecule has 0 bridgehead atoms. The first-order chi connectivity index (χ1) is 8.02. The number of anilines is 2. The molecule has 92 valence electrons. The Labute approximate surface area is 99.1 Å². The lowest BCUT2D eigenvalue weighted by Gasteiger charge is -2.10. The van der Waals surface area contributed by atoms with E-state index in [-0.39, 0.29) is 18.4 Å². The van der Waals surface area contributed by atoms with Crippen LogP contribution in [0.15, 0.2) is 18.2 Å². The number of amides is 2. The molecule has 0 saturated carbocycles. The van der Waals surface area contributed by atoms with E-state index < -0.39 is 0 Å². The van der Waals surface area contributed by atoms with Crippen LogP contribution in [0.1, 0.15) is 6.92 Å². The Morgan fingerprint density at radius 2 is 2.12 bits per heavy atom. The van der Waals surface area contributed by atoms with E-state index in [1.165, 1.54) is 14.0 Å². The summed E-state index contributed by atoms with van der Waals surface area (Å²) in [6, 6.07) is 4.94. The van der Waals surface area contributed by atoms with Gasteiger partial charge in [0.25, 0.3) is 0 Å². The van der Waals surface area contributed by atoms with Gasteiger partial charge in [-0.3, -0.25) is 9.59 Å². The van der Waals surface area contributed by atoms with Crippen LogP contribution in [-0.4, -0.2) is 25.5 Å². The number of methoxy groups -OCH3 is 1. The van der Waals surface area contributed by atoms with Gasteiger partial charge in [0, 0.05) is 13.0 Å². The highest BCUT2D eigenvalue weighted by atomic mass is 16.5. The minimum Gasteiger partial charge on any atom is -0.497 e. The fraction of sp³-hybridized carbons (Fsp3) is 0.273.